The molecule has 0 aliphatic carbocycles. The first-order valence-corrected chi connectivity index (χ1v) is 12.8. The molecule has 9 nitrogen and oxygen atoms in total. The smallest absolute Gasteiger partial charge is 0.431 e. The van der Waals surface area contributed by atoms with E-state index in [9.17, 15) is 23.1 Å². The summed E-state index contributed by atoms with van der Waals surface area (Å²) in [5, 5.41) is 14.7. The molecule has 2 unspecified atom stereocenters. The van der Waals surface area contributed by atoms with Crippen LogP contribution in [0.4, 0.5) is 24.5 Å². The first-order chi connectivity index (χ1) is 18.5. The van der Waals surface area contributed by atoms with Crippen LogP contribution in [0, 0.1) is 11.8 Å². The molecule has 0 amide bonds. The summed E-state index contributed by atoms with van der Waals surface area (Å²) >= 11 is 6.40. The summed E-state index contributed by atoms with van der Waals surface area (Å²) in [4.78, 5) is 17.6. The zero-order valence-electron chi connectivity index (χ0n) is 21.7. The van der Waals surface area contributed by atoms with E-state index in [1.807, 2.05) is 0 Å². The molecule has 0 spiro atoms. The molecule has 2 aromatic rings. The number of carboxylic acids is 1. The molecule has 0 saturated carbocycles. The normalized spacial score (nSPS) is 23.5. The summed E-state index contributed by atoms with van der Waals surface area (Å²) in [5.41, 5.74) is 0.168. The number of hydrogen-bond donors (Lipinski definition) is 1. The number of alkyl halides is 3. The van der Waals surface area contributed by atoms with Gasteiger partial charge in [0.15, 0.2) is 0 Å². The van der Waals surface area contributed by atoms with Gasteiger partial charge in [-0.25, -0.2) is 4.98 Å². The number of rotatable bonds is 9. The predicted molar refractivity (Wildman–Crippen MR) is 140 cm³/mol. The van der Waals surface area contributed by atoms with Crippen molar-refractivity contribution in [2.75, 3.05) is 43.8 Å². The second-order valence-electron chi connectivity index (χ2n) is 9.56. The molecular formula is C26H30ClF3N4O5. The van der Waals surface area contributed by atoms with Crippen LogP contribution in [-0.4, -0.2) is 74.0 Å². The lowest BCUT2D eigenvalue weighted by Gasteiger charge is -2.39. The molecule has 2 aliphatic heterocycles. The molecule has 212 valence electrons. The minimum Gasteiger partial charge on any atom is -0.490 e. The van der Waals surface area contributed by atoms with E-state index >= 15 is 0 Å². The van der Waals surface area contributed by atoms with Gasteiger partial charge in [0.05, 0.1) is 48.8 Å². The fourth-order valence-electron chi connectivity index (χ4n) is 5.06. The molecule has 39 heavy (non-hydrogen) atoms. The van der Waals surface area contributed by atoms with Gasteiger partial charge in [-0.3, -0.25) is 9.80 Å². The predicted octanol–water partition coefficient (Wildman–Crippen LogP) is 4.88. The monoisotopic (exact) mass is 570 g/mol. The van der Waals surface area contributed by atoms with Crippen molar-refractivity contribution in [1.29, 1.82) is 0 Å². The number of benzene rings is 1. The van der Waals surface area contributed by atoms with Crippen molar-refractivity contribution in [3.05, 3.63) is 41.6 Å². The standard InChI is InChI=1S/C26H30ClF3N4O5/c1-15-20(11-24(35)36)34(32-25(15)26(28,29)30)17-4-6-18(7-5-17)39-22-8-9-33(13-16(22)14-37-2)21-10-23(38-3)31-12-19(21)27/h4-7,10,12,15-16,20,22H,8-9,11,13-14H2,1-3H3,(H,35,36)/t15-,16?,20-,22?/m0/s1. The molecular weight excluding hydrogens is 541 g/mol. The topological polar surface area (TPSA) is 96.7 Å². The van der Waals surface area contributed by atoms with Crippen LogP contribution in [0.2, 0.25) is 5.02 Å². The molecule has 4 rings (SSSR count). The second-order valence-corrected chi connectivity index (χ2v) is 9.97. The zero-order valence-corrected chi connectivity index (χ0v) is 22.4. The summed E-state index contributed by atoms with van der Waals surface area (Å²) in [6.07, 6.45) is -3.09. The maximum Gasteiger partial charge on any atom is 0.431 e. The van der Waals surface area contributed by atoms with E-state index in [0.717, 1.165) is 10.7 Å². The summed E-state index contributed by atoms with van der Waals surface area (Å²) in [6, 6.07) is 7.31. The highest BCUT2D eigenvalue weighted by atomic mass is 35.5. The van der Waals surface area contributed by atoms with Gasteiger partial charge in [0.1, 0.15) is 17.6 Å². The number of aromatic nitrogens is 1. The van der Waals surface area contributed by atoms with Crippen molar-refractivity contribution >= 4 is 34.7 Å². The number of ether oxygens (including phenoxy) is 3. The van der Waals surface area contributed by atoms with Crippen LogP contribution in [0.25, 0.3) is 0 Å². The SMILES string of the molecule is COCC1CN(c2cc(OC)ncc2Cl)CCC1Oc1ccc(N2N=C(C(F)(F)F)[C@@H](C)[C@@H]2CC(=O)O)cc1. The van der Waals surface area contributed by atoms with E-state index in [2.05, 4.69) is 15.0 Å². The third-order valence-corrected chi connectivity index (χ3v) is 7.30. The number of methoxy groups -OCH3 is 2. The van der Waals surface area contributed by atoms with Crippen LogP contribution in [0.3, 0.4) is 0 Å². The second kappa shape index (κ2) is 11.9. The molecule has 1 N–H and O–H groups in total. The van der Waals surface area contributed by atoms with E-state index in [0.29, 0.717) is 48.5 Å². The third-order valence-electron chi connectivity index (χ3n) is 7.01. The Morgan fingerprint density at radius 3 is 2.56 bits per heavy atom. The lowest BCUT2D eigenvalue weighted by Crippen LogP contribution is -2.47. The van der Waals surface area contributed by atoms with Crippen molar-refractivity contribution in [3.63, 3.8) is 0 Å². The van der Waals surface area contributed by atoms with Gasteiger partial charge in [-0.1, -0.05) is 18.5 Å². The molecule has 3 heterocycles. The average molecular weight is 571 g/mol. The number of halogens is 4. The van der Waals surface area contributed by atoms with Crippen molar-refractivity contribution < 1.29 is 37.3 Å². The molecule has 0 radical (unpaired) electrons. The highest BCUT2D eigenvalue weighted by molar-refractivity contribution is 6.33. The van der Waals surface area contributed by atoms with Crippen LogP contribution in [-0.2, 0) is 9.53 Å². The number of anilines is 2. The van der Waals surface area contributed by atoms with Gasteiger partial charge >= 0.3 is 12.1 Å². The first kappa shape index (κ1) is 28.8. The Hall–Kier alpha value is -3.25. The summed E-state index contributed by atoms with van der Waals surface area (Å²) in [7, 11) is 3.16. The highest BCUT2D eigenvalue weighted by Crippen LogP contribution is 2.37. The number of carbonyl (C=O) groups is 1. The lowest BCUT2D eigenvalue weighted by molar-refractivity contribution is -0.137. The van der Waals surface area contributed by atoms with E-state index in [1.54, 1.807) is 43.6 Å². The van der Waals surface area contributed by atoms with Crippen LogP contribution >= 0.6 is 11.6 Å². The van der Waals surface area contributed by atoms with Crippen molar-refractivity contribution in [3.8, 4) is 11.6 Å². The Balaban J connectivity index is 1.49. The Morgan fingerprint density at radius 1 is 1.23 bits per heavy atom. The molecule has 4 atom stereocenters. The first-order valence-electron chi connectivity index (χ1n) is 12.4. The molecule has 13 heteroatoms. The van der Waals surface area contributed by atoms with Crippen LogP contribution in [0.15, 0.2) is 41.6 Å². The van der Waals surface area contributed by atoms with E-state index in [4.69, 9.17) is 25.8 Å². The highest BCUT2D eigenvalue weighted by Gasteiger charge is 2.48. The van der Waals surface area contributed by atoms with Crippen molar-refractivity contribution in [2.45, 2.75) is 38.1 Å². The molecule has 0 bridgehead atoms. The molecule has 1 aromatic carbocycles. The quantitative estimate of drug-likeness (QED) is 0.456. The largest absolute Gasteiger partial charge is 0.490 e. The number of carboxylic acid groups (broad SMARTS) is 1. The van der Waals surface area contributed by atoms with Gasteiger partial charge in [-0.2, -0.15) is 18.3 Å². The van der Waals surface area contributed by atoms with Gasteiger partial charge < -0.3 is 24.2 Å². The van der Waals surface area contributed by atoms with E-state index < -0.39 is 36.2 Å². The molecule has 1 saturated heterocycles. The maximum absolute atomic E-state index is 13.5. The number of hydrogen-bond acceptors (Lipinski definition) is 8. The molecule has 1 fully saturated rings. The van der Waals surface area contributed by atoms with Crippen LogP contribution in [0.1, 0.15) is 19.8 Å². The Labute approximate surface area is 229 Å². The zero-order chi connectivity index (χ0) is 28.3. The van der Waals surface area contributed by atoms with Crippen LogP contribution in [0.5, 0.6) is 11.6 Å². The molecule has 1 aromatic heterocycles. The lowest BCUT2D eigenvalue weighted by atomic mass is 9.94. The third kappa shape index (κ3) is 6.50. The van der Waals surface area contributed by atoms with Gasteiger partial charge in [0.25, 0.3) is 0 Å². The number of pyridine rings is 1. The Bertz CT molecular complexity index is 1200. The van der Waals surface area contributed by atoms with Gasteiger partial charge in [-0.15, -0.1) is 0 Å². The van der Waals surface area contributed by atoms with E-state index in [1.165, 1.54) is 14.0 Å². The number of hydrazone groups is 1. The number of aliphatic carboxylic acids is 1. The van der Waals surface area contributed by atoms with Gasteiger partial charge in [0, 0.05) is 44.5 Å². The van der Waals surface area contributed by atoms with Crippen molar-refractivity contribution in [1.82, 2.24) is 4.98 Å². The number of piperidine rings is 1. The Kier molecular flexibility index (Phi) is 8.75. The van der Waals surface area contributed by atoms with Crippen molar-refractivity contribution in [2.24, 2.45) is 16.9 Å². The maximum atomic E-state index is 13.5. The fourth-order valence-corrected chi connectivity index (χ4v) is 5.28. The minimum absolute atomic E-state index is 0.00280. The van der Waals surface area contributed by atoms with E-state index in [-0.39, 0.29) is 12.0 Å². The summed E-state index contributed by atoms with van der Waals surface area (Å²) in [5.74, 6) is -1.30. The Morgan fingerprint density at radius 2 is 1.95 bits per heavy atom. The summed E-state index contributed by atoms with van der Waals surface area (Å²) < 4.78 is 57.4. The minimum atomic E-state index is -4.65. The number of nitrogens with zero attached hydrogens (tertiary/aromatic N) is 4. The average Bonchev–Trinajstić information content (AvgIpc) is 3.22. The summed E-state index contributed by atoms with van der Waals surface area (Å²) in [6.45, 7) is 3.06. The fraction of sp³-hybridized carbons (Fsp3) is 0.500. The van der Waals surface area contributed by atoms with Crippen LogP contribution < -0.4 is 19.4 Å². The molecule has 2 aliphatic rings. The van der Waals surface area contributed by atoms with Gasteiger partial charge in [0.2, 0.25) is 5.88 Å². The van der Waals surface area contributed by atoms with Gasteiger partial charge in [-0.05, 0) is 24.3 Å².